The van der Waals surface area contributed by atoms with Crippen molar-refractivity contribution in [1.82, 2.24) is 5.32 Å². The number of hydrogen-bond acceptors (Lipinski definition) is 4. The van der Waals surface area contributed by atoms with Crippen LogP contribution in [-0.2, 0) is 16.0 Å². The second-order valence-corrected chi connectivity index (χ2v) is 6.99. The summed E-state index contributed by atoms with van der Waals surface area (Å²) in [6.07, 6.45) is 1.35. The lowest BCUT2D eigenvalue weighted by Gasteiger charge is -2.11. The highest BCUT2D eigenvalue weighted by Crippen LogP contribution is 2.15. The average Bonchev–Trinajstić information content (AvgIpc) is 2.69. The van der Waals surface area contributed by atoms with E-state index in [2.05, 4.69) is 28.1 Å². The highest BCUT2D eigenvalue weighted by atomic mass is 16.5. The molecule has 6 heteroatoms. The Morgan fingerprint density at radius 3 is 2.50 bits per heavy atom. The first-order chi connectivity index (χ1) is 13.5. The second-order valence-electron chi connectivity index (χ2n) is 6.99. The Kier molecular flexibility index (Phi) is 8.85. The molecule has 0 aromatic heterocycles. The van der Waals surface area contributed by atoms with Gasteiger partial charge in [-0.15, -0.1) is 0 Å². The minimum absolute atomic E-state index is 0.0669. The molecule has 0 unspecified atom stereocenters. The van der Waals surface area contributed by atoms with Gasteiger partial charge in [0.05, 0.1) is 13.2 Å². The first-order valence-corrected chi connectivity index (χ1v) is 9.61. The van der Waals surface area contributed by atoms with Crippen molar-refractivity contribution in [3.05, 3.63) is 60.2 Å². The molecule has 0 bridgehead atoms. The summed E-state index contributed by atoms with van der Waals surface area (Å²) in [6.45, 7) is 5.13. The average molecular weight is 383 g/mol. The molecule has 0 spiro atoms. The fourth-order valence-electron chi connectivity index (χ4n) is 2.51. The van der Waals surface area contributed by atoms with Gasteiger partial charge in [-0.1, -0.05) is 50.2 Å². The van der Waals surface area contributed by atoms with Gasteiger partial charge in [0, 0.05) is 17.9 Å². The molecule has 150 valence electrons. The predicted molar refractivity (Wildman–Crippen MR) is 113 cm³/mol. The summed E-state index contributed by atoms with van der Waals surface area (Å²) in [5.74, 6) is 0.215. The Hall–Kier alpha value is -3.02. The van der Waals surface area contributed by atoms with Gasteiger partial charge in [0.15, 0.2) is 0 Å². The number of hydrogen-bond donors (Lipinski definition) is 3. The van der Waals surface area contributed by atoms with E-state index in [9.17, 15) is 9.59 Å². The van der Waals surface area contributed by atoms with Crippen molar-refractivity contribution >= 4 is 23.4 Å². The van der Waals surface area contributed by atoms with E-state index in [0.717, 1.165) is 18.5 Å². The molecule has 0 atom stereocenters. The quantitative estimate of drug-likeness (QED) is 0.541. The zero-order chi connectivity index (χ0) is 20.2. The van der Waals surface area contributed by atoms with Crippen LogP contribution in [0, 0.1) is 5.92 Å². The smallest absolute Gasteiger partial charge is 0.411 e. The number of aryl methyl sites for hydroxylation is 1. The van der Waals surface area contributed by atoms with Crippen molar-refractivity contribution in [2.24, 2.45) is 5.92 Å². The summed E-state index contributed by atoms with van der Waals surface area (Å²) in [5.41, 5.74) is 2.63. The molecule has 0 aliphatic heterocycles. The maximum atomic E-state index is 12.0. The topological polar surface area (TPSA) is 79.5 Å². The molecule has 2 aromatic carbocycles. The van der Waals surface area contributed by atoms with Crippen molar-refractivity contribution in [3.63, 3.8) is 0 Å². The van der Waals surface area contributed by atoms with E-state index in [1.165, 1.54) is 5.56 Å². The molecular formula is C22H29N3O3. The largest absolute Gasteiger partial charge is 0.449 e. The second kappa shape index (κ2) is 11.6. The van der Waals surface area contributed by atoms with E-state index in [1.54, 1.807) is 18.2 Å². The lowest BCUT2D eigenvalue weighted by molar-refractivity contribution is -0.119. The van der Waals surface area contributed by atoms with Crippen LogP contribution in [-0.4, -0.2) is 31.7 Å². The molecule has 0 heterocycles. The third-order valence-electron chi connectivity index (χ3n) is 3.92. The van der Waals surface area contributed by atoms with Gasteiger partial charge >= 0.3 is 6.09 Å². The van der Waals surface area contributed by atoms with E-state index in [1.807, 2.05) is 38.1 Å². The zero-order valence-corrected chi connectivity index (χ0v) is 16.5. The third-order valence-corrected chi connectivity index (χ3v) is 3.92. The van der Waals surface area contributed by atoms with Gasteiger partial charge in [-0.25, -0.2) is 4.79 Å². The van der Waals surface area contributed by atoms with E-state index in [-0.39, 0.29) is 18.4 Å². The number of anilines is 2. The minimum Gasteiger partial charge on any atom is -0.449 e. The molecule has 28 heavy (non-hydrogen) atoms. The summed E-state index contributed by atoms with van der Waals surface area (Å²) in [4.78, 5) is 23.7. The number of carbonyl (C=O) groups is 2. The van der Waals surface area contributed by atoms with Gasteiger partial charge in [-0.2, -0.15) is 0 Å². The number of nitrogens with one attached hydrogen (secondary N) is 3. The summed E-state index contributed by atoms with van der Waals surface area (Å²) < 4.78 is 5.10. The molecular weight excluding hydrogens is 354 g/mol. The number of benzene rings is 2. The molecule has 0 aliphatic carbocycles. The lowest BCUT2D eigenvalue weighted by Crippen LogP contribution is -2.30. The van der Waals surface area contributed by atoms with Gasteiger partial charge in [-0.05, 0) is 42.5 Å². The Balaban J connectivity index is 1.67. The van der Waals surface area contributed by atoms with Crippen molar-refractivity contribution in [3.8, 4) is 0 Å². The van der Waals surface area contributed by atoms with Crippen LogP contribution in [0.4, 0.5) is 16.2 Å². The Bertz CT molecular complexity index is 748. The van der Waals surface area contributed by atoms with Crippen LogP contribution in [0.15, 0.2) is 54.6 Å². The summed E-state index contributed by atoms with van der Waals surface area (Å²) in [5, 5.41) is 8.65. The molecule has 6 nitrogen and oxygen atoms in total. The molecule has 2 aromatic rings. The molecule has 0 radical (unpaired) electrons. The van der Waals surface area contributed by atoms with Crippen molar-refractivity contribution in [1.29, 1.82) is 0 Å². The van der Waals surface area contributed by atoms with Crippen LogP contribution in [0.2, 0.25) is 0 Å². The zero-order valence-electron chi connectivity index (χ0n) is 16.5. The Labute approximate surface area is 166 Å². The lowest BCUT2D eigenvalue weighted by atomic mass is 10.1. The van der Waals surface area contributed by atoms with Crippen molar-refractivity contribution in [2.45, 2.75) is 26.7 Å². The predicted octanol–water partition coefficient (Wildman–Crippen LogP) is 4.05. The van der Waals surface area contributed by atoms with Gasteiger partial charge < -0.3 is 15.4 Å². The molecule has 2 rings (SSSR count). The van der Waals surface area contributed by atoms with E-state index >= 15 is 0 Å². The number of rotatable bonds is 10. The van der Waals surface area contributed by atoms with Crippen molar-refractivity contribution < 1.29 is 14.3 Å². The van der Waals surface area contributed by atoms with Gasteiger partial charge in [0.1, 0.15) is 0 Å². The molecule has 0 saturated carbocycles. The van der Waals surface area contributed by atoms with Crippen molar-refractivity contribution in [2.75, 3.05) is 30.3 Å². The molecule has 0 fully saturated rings. The minimum atomic E-state index is -0.484. The van der Waals surface area contributed by atoms with Crippen LogP contribution >= 0.6 is 0 Å². The maximum Gasteiger partial charge on any atom is 0.411 e. The number of ether oxygens (including phenoxy) is 1. The third kappa shape index (κ3) is 8.58. The molecule has 0 saturated heterocycles. The first kappa shape index (κ1) is 21.3. The molecule has 3 N–H and O–H groups in total. The molecule has 0 aliphatic rings. The summed E-state index contributed by atoms with van der Waals surface area (Å²) in [7, 11) is 0. The van der Waals surface area contributed by atoms with Gasteiger partial charge in [-0.3, -0.25) is 10.1 Å². The first-order valence-electron chi connectivity index (χ1n) is 9.61. The van der Waals surface area contributed by atoms with Crippen LogP contribution in [0.1, 0.15) is 25.8 Å². The highest BCUT2D eigenvalue weighted by molar-refractivity contribution is 5.86. The Morgan fingerprint density at radius 1 is 1.00 bits per heavy atom. The fourth-order valence-corrected chi connectivity index (χ4v) is 2.51. The highest BCUT2D eigenvalue weighted by Gasteiger charge is 2.06. The van der Waals surface area contributed by atoms with E-state index < -0.39 is 6.09 Å². The summed E-state index contributed by atoms with van der Waals surface area (Å²) >= 11 is 0. The maximum absolute atomic E-state index is 12.0. The van der Waals surface area contributed by atoms with Crippen LogP contribution in [0.25, 0.3) is 0 Å². The standard InChI is InChI=1S/C22H29N3O3/c1-17(2)16-28-22(27)25-20-12-6-11-19(14-20)24-15-21(26)23-13-7-10-18-8-4-3-5-9-18/h3-6,8-9,11-12,14,17,24H,7,10,13,15-16H2,1-2H3,(H,23,26)(H,25,27). The van der Waals surface area contributed by atoms with Gasteiger partial charge in [0.2, 0.25) is 5.91 Å². The van der Waals surface area contributed by atoms with E-state index in [0.29, 0.717) is 18.8 Å². The monoisotopic (exact) mass is 383 g/mol. The SMILES string of the molecule is CC(C)COC(=O)Nc1cccc(NCC(=O)NCCCc2ccccc2)c1. The fraction of sp³-hybridized carbons (Fsp3) is 0.364. The summed E-state index contributed by atoms with van der Waals surface area (Å²) in [6, 6.07) is 17.4. The van der Waals surface area contributed by atoms with Crippen LogP contribution in [0.3, 0.4) is 0 Å². The van der Waals surface area contributed by atoms with E-state index in [4.69, 9.17) is 4.74 Å². The Morgan fingerprint density at radius 2 is 1.75 bits per heavy atom. The molecule has 2 amide bonds. The van der Waals surface area contributed by atoms with Gasteiger partial charge in [0.25, 0.3) is 0 Å². The number of amides is 2. The van der Waals surface area contributed by atoms with Crippen LogP contribution in [0.5, 0.6) is 0 Å². The van der Waals surface area contributed by atoms with Crippen LogP contribution < -0.4 is 16.0 Å². The normalized spacial score (nSPS) is 10.4. The number of carbonyl (C=O) groups excluding carboxylic acids is 2.